The van der Waals surface area contributed by atoms with Gasteiger partial charge in [0.2, 0.25) is 0 Å². The number of thiazole rings is 1. The number of aryl methyl sites for hydroxylation is 1. The van der Waals surface area contributed by atoms with E-state index in [-0.39, 0.29) is 0 Å². The Balaban J connectivity index is 2.46. The van der Waals surface area contributed by atoms with Crippen LogP contribution in [-0.2, 0) is 6.42 Å². The topological polar surface area (TPSA) is 50.2 Å². The molecule has 1 N–H and O–H groups in total. The van der Waals surface area contributed by atoms with Crippen molar-refractivity contribution < 1.29 is 9.90 Å². The maximum absolute atomic E-state index is 11.0. The van der Waals surface area contributed by atoms with Crippen molar-refractivity contribution in [2.24, 2.45) is 0 Å². The summed E-state index contributed by atoms with van der Waals surface area (Å²) < 4.78 is 0. The third-order valence-electron chi connectivity index (χ3n) is 2.32. The fourth-order valence-electron chi connectivity index (χ4n) is 1.47. The van der Waals surface area contributed by atoms with E-state index in [4.69, 9.17) is 16.7 Å². The maximum Gasteiger partial charge on any atom is 0.347 e. The van der Waals surface area contributed by atoms with E-state index in [1.165, 1.54) is 11.3 Å². The van der Waals surface area contributed by atoms with Crippen LogP contribution in [0.5, 0.6) is 0 Å². The maximum atomic E-state index is 11.0. The predicted octanol–water partition coefficient (Wildman–Crippen LogP) is 3.72. The smallest absolute Gasteiger partial charge is 0.347 e. The van der Waals surface area contributed by atoms with Gasteiger partial charge < -0.3 is 5.11 Å². The Labute approximate surface area is 108 Å². The van der Waals surface area contributed by atoms with E-state index in [1.54, 1.807) is 12.1 Å². The lowest BCUT2D eigenvalue weighted by Gasteiger charge is -1.95. The average molecular weight is 268 g/mol. The summed E-state index contributed by atoms with van der Waals surface area (Å²) >= 11 is 7.00. The van der Waals surface area contributed by atoms with E-state index < -0.39 is 5.97 Å². The standard InChI is InChI=1S/C12H10ClNO2S/c1-2-9-10(12(15)16)17-11(14-9)7-3-5-8(13)6-4-7/h3-6H,2H2,1H3,(H,15,16). The van der Waals surface area contributed by atoms with Crippen LogP contribution in [0.1, 0.15) is 22.3 Å². The summed E-state index contributed by atoms with van der Waals surface area (Å²) in [5, 5.41) is 10.4. The SMILES string of the molecule is CCc1nc(-c2ccc(Cl)cc2)sc1C(=O)O. The molecule has 1 heterocycles. The summed E-state index contributed by atoms with van der Waals surface area (Å²) in [5.41, 5.74) is 1.52. The number of hydrogen-bond acceptors (Lipinski definition) is 3. The van der Waals surface area contributed by atoms with Gasteiger partial charge in [0.15, 0.2) is 0 Å². The summed E-state index contributed by atoms with van der Waals surface area (Å²) in [6, 6.07) is 7.22. The molecular formula is C12H10ClNO2S. The summed E-state index contributed by atoms with van der Waals surface area (Å²) in [5.74, 6) is -0.917. The highest BCUT2D eigenvalue weighted by Gasteiger charge is 2.16. The van der Waals surface area contributed by atoms with Gasteiger partial charge in [-0.15, -0.1) is 11.3 Å². The monoisotopic (exact) mass is 267 g/mol. The molecule has 1 aromatic heterocycles. The Hall–Kier alpha value is -1.39. The lowest BCUT2D eigenvalue weighted by molar-refractivity contribution is 0.0701. The van der Waals surface area contributed by atoms with Crippen molar-refractivity contribution in [3.63, 3.8) is 0 Å². The second kappa shape index (κ2) is 4.85. The van der Waals surface area contributed by atoms with Gasteiger partial charge in [0, 0.05) is 10.6 Å². The first kappa shape index (κ1) is 12.1. The molecule has 0 saturated carbocycles. The lowest BCUT2D eigenvalue weighted by Crippen LogP contribution is -1.97. The molecule has 3 nitrogen and oxygen atoms in total. The molecule has 0 radical (unpaired) electrons. The van der Waals surface area contributed by atoms with E-state index in [2.05, 4.69) is 4.98 Å². The molecule has 2 aromatic rings. The fraction of sp³-hybridized carbons (Fsp3) is 0.167. The Kier molecular flexibility index (Phi) is 3.45. The Bertz CT molecular complexity index is 548. The van der Waals surface area contributed by atoms with E-state index in [9.17, 15) is 4.79 Å². The molecule has 0 atom stereocenters. The first-order valence-corrected chi connectivity index (χ1v) is 6.30. The van der Waals surface area contributed by atoms with Crippen LogP contribution in [0, 0.1) is 0 Å². The molecular weight excluding hydrogens is 258 g/mol. The number of hydrogen-bond donors (Lipinski definition) is 1. The van der Waals surface area contributed by atoms with Crippen LogP contribution in [0.3, 0.4) is 0 Å². The van der Waals surface area contributed by atoms with Crippen molar-refractivity contribution in [3.8, 4) is 10.6 Å². The van der Waals surface area contributed by atoms with Crippen molar-refractivity contribution in [2.75, 3.05) is 0 Å². The van der Waals surface area contributed by atoms with Crippen molar-refractivity contribution in [1.82, 2.24) is 4.98 Å². The number of carboxylic acid groups (broad SMARTS) is 1. The summed E-state index contributed by atoms with van der Waals surface area (Å²) in [6.07, 6.45) is 0.617. The van der Waals surface area contributed by atoms with Gasteiger partial charge in [0.25, 0.3) is 0 Å². The number of carbonyl (C=O) groups is 1. The number of aromatic nitrogens is 1. The molecule has 0 spiro atoms. The van der Waals surface area contributed by atoms with Crippen LogP contribution in [0.2, 0.25) is 5.02 Å². The fourth-order valence-corrected chi connectivity index (χ4v) is 2.60. The largest absolute Gasteiger partial charge is 0.477 e. The highest BCUT2D eigenvalue weighted by Crippen LogP contribution is 2.29. The number of aromatic carboxylic acids is 1. The highest BCUT2D eigenvalue weighted by atomic mass is 35.5. The van der Waals surface area contributed by atoms with Crippen molar-refractivity contribution in [1.29, 1.82) is 0 Å². The number of benzene rings is 1. The van der Waals surface area contributed by atoms with Gasteiger partial charge in [-0.3, -0.25) is 0 Å². The van der Waals surface area contributed by atoms with Crippen molar-refractivity contribution in [3.05, 3.63) is 39.9 Å². The van der Waals surface area contributed by atoms with Crippen LogP contribution in [0.15, 0.2) is 24.3 Å². The van der Waals surface area contributed by atoms with Gasteiger partial charge in [-0.05, 0) is 18.6 Å². The molecule has 2 rings (SSSR count). The molecule has 0 aliphatic rings. The van der Waals surface area contributed by atoms with Crippen LogP contribution in [0.25, 0.3) is 10.6 Å². The highest BCUT2D eigenvalue weighted by molar-refractivity contribution is 7.17. The second-order valence-electron chi connectivity index (χ2n) is 3.46. The number of carboxylic acids is 1. The molecule has 0 amide bonds. The molecule has 5 heteroatoms. The molecule has 0 aliphatic carbocycles. The summed E-state index contributed by atoms with van der Waals surface area (Å²) in [4.78, 5) is 15.7. The molecule has 1 aromatic carbocycles. The van der Waals surface area contributed by atoms with Gasteiger partial charge in [-0.25, -0.2) is 9.78 Å². The zero-order valence-corrected chi connectivity index (χ0v) is 10.7. The van der Waals surface area contributed by atoms with Gasteiger partial charge >= 0.3 is 5.97 Å². The number of halogens is 1. The first-order valence-electron chi connectivity index (χ1n) is 5.10. The van der Waals surface area contributed by atoms with Crippen LogP contribution in [0.4, 0.5) is 0 Å². The van der Waals surface area contributed by atoms with Gasteiger partial charge in [0.05, 0.1) is 5.69 Å². The van der Waals surface area contributed by atoms with Crippen molar-refractivity contribution in [2.45, 2.75) is 13.3 Å². The minimum Gasteiger partial charge on any atom is -0.477 e. The molecule has 0 saturated heterocycles. The lowest BCUT2D eigenvalue weighted by atomic mass is 10.2. The van der Waals surface area contributed by atoms with E-state index in [0.717, 1.165) is 10.6 Å². The molecule has 0 fully saturated rings. The van der Waals surface area contributed by atoms with E-state index in [1.807, 2.05) is 19.1 Å². The third kappa shape index (κ3) is 2.48. The molecule has 17 heavy (non-hydrogen) atoms. The minimum atomic E-state index is -0.917. The second-order valence-corrected chi connectivity index (χ2v) is 4.90. The van der Waals surface area contributed by atoms with Crippen LogP contribution in [-0.4, -0.2) is 16.1 Å². The average Bonchev–Trinajstić information content (AvgIpc) is 2.74. The number of nitrogens with zero attached hydrogens (tertiary/aromatic N) is 1. The Morgan fingerprint density at radius 3 is 2.53 bits per heavy atom. The Morgan fingerprint density at radius 1 is 1.41 bits per heavy atom. The Morgan fingerprint density at radius 2 is 2.06 bits per heavy atom. The summed E-state index contributed by atoms with van der Waals surface area (Å²) in [6.45, 7) is 1.90. The van der Waals surface area contributed by atoms with Gasteiger partial charge in [-0.1, -0.05) is 30.7 Å². The van der Waals surface area contributed by atoms with Crippen molar-refractivity contribution >= 4 is 28.9 Å². The quantitative estimate of drug-likeness (QED) is 0.922. The summed E-state index contributed by atoms with van der Waals surface area (Å²) in [7, 11) is 0. The van der Waals surface area contributed by atoms with E-state index >= 15 is 0 Å². The van der Waals surface area contributed by atoms with Crippen LogP contribution >= 0.6 is 22.9 Å². The molecule has 0 unspecified atom stereocenters. The first-order chi connectivity index (χ1) is 8.11. The van der Waals surface area contributed by atoms with Gasteiger partial charge in [0.1, 0.15) is 9.88 Å². The zero-order chi connectivity index (χ0) is 12.4. The third-order valence-corrected chi connectivity index (χ3v) is 3.70. The minimum absolute atomic E-state index is 0.317. The van der Waals surface area contributed by atoms with Crippen LogP contribution < -0.4 is 0 Å². The molecule has 88 valence electrons. The normalized spacial score (nSPS) is 10.5. The molecule has 0 bridgehead atoms. The van der Waals surface area contributed by atoms with Gasteiger partial charge in [-0.2, -0.15) is 0 Å². The predicted molar refractivity (Wildman–Crippen MR) is 68.9 cm³/mol. The number of rotatable bonds is 3. The zero-order valence-electron chi connectivity index (χ0n) is 9.11. The van der Waals surface area contributed by atoms with E-state index in [0.29, 0.717) is 22.0 Å². The molecule has 0 aliphatic heterocycles.